The minimum absolute atomic E-state index is 0.179. The van der Waals surface area contributed by atoms with Gasteiger partial charge in [-0.3, -0.25) is 9.59 Å². The molecule has 1 rings (SSSR count). The zero-order valence-electron chi connectivity index (χ0n) is 4.42. The predicted octanol–water partition coefficient (Wildman–Crippen LogP) is -1.81. The highest BCUT2D eigenvalue weighted by atomic mass is 28.2. The quantitative estimate of drug-likeness (QED) is 0.284. The first-order valence-electron chi connectivity index (χ1n) is 2.21. The van der Waals surface area contributed by atoms with Gasteiger partial charge in [-0.1, -0.05) is 0 Å². The molecule has 0 aliphatic carbocycles. The van der Waals surface area contributed by atoms with E-state index in [0.29, 0.717) is 10.4 Å². The molecule has 4 heteroatoms. The molecular formula is C4H5NO2Si. The Bertz CT molecular complexity index is 157. The van der Waals surface area contributed by atoms with Crippen LogP contribution in [0.2, 0.25) is 0 Å². The molecule has 0 saturated carbocycles. The van der Waals surface area contributed by atoms with Crippen LogP contribution in [-0.2, 0) is 9.59 Å². The Labute approximate surface area is 49.5 Å². The van der Waals surface area contributed by atoms with Crippen LogP contribution in [0, 0.1) is 0 Å². The summed E-state index contributed by atoms with van der Waals surface area (Å²) in [5.74, 6) is -0.358. The second-order valence-corrected chi connectivity index (χ2v) is 2.46. The van der Waals surface area contributed by atoms with Crippen molar-refractivity contribution in [3.63, 3.8) is 0 Å². The average Bonchev–Trinajstić information content (AvgIpc) is 1.98. The van der Waals surface area contributed by atoms with Crippen LogP contribution in [0.25, 0.3) is 0 Å². The Balaban J connectivity index is 2.84. The van der Waals surface area contributed by atoms with Gasteiger partial charge in [-0.15, -0.1) is 0 Å². The maximum absolute atomic E-state index is 10.4. The lowest BCUT2D eigenvalue weighted by Gasteiger charge is -2.02. The molecule has 0 fully saturated rings. The molecule has 0 saturated heterocycles. The lowest BCUT2D eigenvalue weighted by Crippen LogP contribution is -2.26. The topological polar surface area (TPSA) is 37.4 Å². The second kappa shape index (κ2) is 1.55. The van der Waals surface area contributed by atoms with E-state index < -0.39 is 0 Å². The Morgan fingerprint density at radius 1 is 1.25 bits per heavy atom. The van der Waals surface area contributed by atoms with E-state index in [1.807, 2.05) is 0 Å². The fourth-order valence-electron chi connectivity index (χ4n) is 0.475. The molecule has 3 nitrogen and oxygen atoms in total. The van der Waals surface area contributed by atoms with Gasteiger partial charge in [0, 0.05) is 12.2 Å². The number of rotatable bonds is 0. The number of nitrogens with zero attached hydrogens (tertiary/aromatic N) is 1. The highest BCUT2D eigenvalue weighted by Crippen LogP contribution is 1.96. The number of carbonyl (C=O) groups excluding carboxylic acids is 2. The van der Waals surface area contributed by atoms with Crippen LogP contribution in [0.3, 0.4) is 0 Å². The molecule has 8 heavy (non-hydrogen) atoms. The van der Waals surface area contributed by atoms with E-state index >= 15 is 0 Å². The SMILES string of the molecule is O=C1C=CC(=O)N1[SiH3]. The molecule has 0 atom stereocenters. The van der Waals surface area contributed by atoms with Crippen molar-refractivity contribution in [3.05, 3.63) is 12.2 Å². The highest BCUT2D eigenvalue weighted by molar-refractivity contribution is 6.31. The second-order valence-electron chi connectivity index (χ2n) is 1.57. The van der Waals surface area contributed by atoms with E-state index in [9.17, 15) is 9.59 Å². The third kappa shape index (κ3) is 0.585. The summed E-state index contributed by atoms with van der Waals surface area (Å²) >= 11 is 0. The molecule has 42 valence electrons. The monoisotopic (exact) mass is 127 g/mol. The Morgan fingerprint density at radius 3 is 1.75 bits per heavy atom. The summed E-state index contributed by atoms with van der Waals surface area (Å²) in [6, 6.07) is 0. The fourth-order valence-corrected chi connectivity index (χ4v) is 0.773. The minimum Gasteiger partial charge on any atom is -0.314 e. The fraction of sp³-hybridized carbons (Fsp3) is 0. The lowest BCUT2D eigenvalue weighted by atomic mass is 10.6. The molecule has 0 aromatic heterocycles. The predicted molar refractivity (Wildman–Crippen MR) is 30.9 cm³/mol. The van der Waals surface area contributed by atoms with Gasteiger partial charge >= 0.3 is 0 Å². The van der Waals surface area contributed by atoms with Gasteiger partial charge in [0.05, 0.1) is 0 Å². The van der Waals surface area contributed by atoms with Crippen LogP contribution in [0.5, 0.6) is 0 Å². The molecule has 1 aliphatic heterocycles. The lowest BCUT2D eigenvalue weighted by molar-refractivity contribution is -0.131. The molecule has 1 heterocycles. The summed E-state index contributed by atoms with van der Waals surface area (Å²) in [7, 11) is 0.492. The van der Waals surface area contributed by atoms with E-state index in [0.717, 1.165) is 0 Å². The molecule has 0 spiro atoms. The van der Waals surface area contributed by atoms with Crippen molar-refractivity contribution in [2.24, 2.45) is 0 Å². The van der Waals surface area contributed by atoms with Crippen molar-refractivity contribution in [1.82, 2.24) is 4.57 Å². The molecule has 1 aliphatic rings. The summed E-state index contributed by atoms with van der Waals surface area (Å²) < 4.78 is 1.19. The average molecular weight is 127 g/mol. The van der Waals surface area contributed by atoms with Crippen molar-refractivity contribution in [2.75, 3.05) is 0 Å². The maximum Gasteiger partial charge on any atom is 0.244 e. The van der Waals surface area contributed by atoms with E-state index in [1.165, 1.54) is 16.7 Å². The van der Waals surface area contributed by atoms with Gasteiger partial charge in [-0.2, -0.15) is 0 Å². The van der Waals surface area contributed by atoms with E-state index in [1.54, 1.807) is 0 Å². The number of amides is 2. The first kappa shape index (κ1) is 5.24. The third-order valence-corrected chi connectivity index (χ3v) is 1.91. The number of hydrogen-bond acceptors (Lipinski definition) is 2. The first-order valence-corrected chi connectivity index (χ1v) is 3.11. The summed E-state index contributed by atoms with van der Waals surface area (Å²) in [4.78, 5) is 20.9. The summed E-state index contributed by atoms with van der Waals surface area (Å²) in [6.45, 7) is 0. The van der Waals surface area contributed by atoms with Gasteiger partial charge in [0.1, 0.15) is 10.4 Å². The van der Waals surface area contributed by atoms with Crippen molar-refractivity contribution >= 4 is 22.2 Å². The van der Waals surface area contributed by atoms with Gasteiger partial charge < -0.3 is 4.57 Å². The van der Waals surface area contributed by atoms with Crippen LogP contribution in [0.1, 0.15) is 0 Å². The van der Waals surface area contributed by atoms with Crippen LogP contribution in [0.15, 0.2) is 12.2 Å². The van der Waals surface area contributed by atoms with Crippen LogP contribution in [0.4, 0.5) is 0 Å². The van der Waals surface area contributed by atoms with Gasteiger partial charge in [-0.05, 0) is 0 Å². The normalized spacial score (nSPS) is 18.8. The van der Waals surface area contributed by atoms with E-state index in [-0.39, 0.29) is 11.8 Å². The first-order chi connectivity index (χ1) is 3.72. The largest absolute Gasteiger partial charge is 0.314 e. The van der Waals surface area contributed by atoms with Gasteiger partial charge in [0.15, 0.2) is 0 Å². The third-order valence-electron chi connectivity index (χ3n) is 1.03. The van der Waals surface area contributed by atoms with Crippen LogP contribution >= 0.6 is 0 Å². The molecule has 0 bridgehead atoms. The highest BCUT2D eigenvalue weighted by Gasteiger charge is 2.16. The van der Waals surface area contributed by atoms with Crippen LogP contribution in [-0.4, -0.2) is 26.8 Å². The van der Waals surface area contributed by atoms with E-state index in [4.69, 9.17) is 0 Å². The number of carbonyl (C=O) groups is 2. The Kier molecular flexibility index (Phi) is 1.02. The summed E-state index contributed by atoms with van der Waals surface area (Å²) in [5.41, 5.74) is 0. The molecule has 0 N–H and O–H groups in total. The van der Waals surface area contributed by atoms with Gasteiger partial charge in [0.25, 0.3) is 0 Å². The molecular weight excluding hydrogens is 122 g/mol. The molecule has 0 radical (unpaired) electrons. The number of hydrogen-bond donors (Lipinski definition) is 0. The zero-order valence-corrected chi connectivity index (χ0v) is 6.42. The molecule has 0 unspecified atom stereocenters. The molecule has 2 amide bonds. The van der Waals surface area contributed by atoms with Crippen molar-refractivity contribution in [3.8, 4) is 0 Å². The minimum atomic E-state index is -0.179. The maximum atomic E-state index is 10.4. The van der Waals surface area contributed by atoms with Crippen molar-refractivity contribution < 1.29 is 9.59 Å². The smallest absolute Gasteiger partial charge is 0.244 e. The summed E-state index contributed by atoms with van der Waals surface area (Å²) in [5, 5.41) is 0. The van der Waals surface area contributed by atoms with Crippen molar-refractivity contribution in [1.29, 1.82) is 0 Å². The van der Waals surface area contributed by atoms with Gasteiger partial charge in [0.2, 0.25) is 11.8 Å². The van der Waals surface area contributed by atoms with Gasteiger partial charge in [-0.25, -0.2) is 0 Å². The summed E-state index contributed by atoms with van der Waals surface area (Å²) in [6.07, 6.45) is 2.57. The number of imide groups is 1. The van der Waals surface area contributed by atoms with E-state index in [2.05, 4.69) is 0 Å². The standard InChI is InChI=1S/C4H5NO2Si/c6-3-1-2-4(7)5(3)8/h1-2H,8H3. The van der Waals surface area contributed by atoms with Crippen LogP contribution < -0.4 is 0 Å². The molecule has 0 aromatic rings. The van der Waals surface area contributed by atoms with Crippen molar-refractivity contribution in [2.45, 2.75) is 0 Å². The Morgan fingerprint density at radius 2 is 1.62 bits per heavy atom. The Hall–Kier alpha value is -0.903. The molecule has 0 aromatic carbocycles. The zero-order chi connectivity index (χ0) is 6.15.